The molecule has 5 nitrogen and oxygen atoms in total. The molecule has 0 saturated carbocycles. The number of aromatic hydroxyl groups is 1. The molecule has 0 aliphatic carbocycles. The fourth-order valence-electron chi connectivity index (χ4n) is 3.05. The first-order valence-electron chi connectivity index (χ1n) is 9.91. The van der Waals surface area contributed by atoms with Gasteiger partial charge in [0.25, 0.3) is 0 Å². The van der Waals surface area contributed by atoms with E-state index in [0.717, 1.165) is 11.1 Å². The van der Waals surface area contributed by atoms with E-state index in [1.54, 1.807) is 25.3 Å². The van der Waals surface area contributed by atoms with Crippen LogP contribution in [0.5, 0.6) is 17.2 Å². The molecule has 0 heterocycles. The van der Waals surface area contributed by atoms with Crippen LogP contribution in [0.25, 0.3) is 6.08 Å². The topological polar surface area (TPSA) is 68.2 Å². The quantitative estimate of drug-likeness (QED) is 0.580. The molecule has 0 radical (unpaired) electrons. The van der Waals surface area contributed by atoms with Crippen LogP contribution < -0.4 is 9.47 Å². The number of hydrogen-bond acceptors (Lipinski definition) is 5. The lowest BCUT2D eigenvalue weighted by Crippen LogP contribution is -2.26. The van der Waals surface area contributed by atoms with E-state index in [1.165, 1.54) is 0 Å². The van der Waals surface area contributed by atoms with Gasteiger partial charge in [-0.3, -0.25) is 0 Å². The number of allylic oxidation sites excluding steroid dienone is 1. The van der Waals surface area contributed by atoms with Crippen molar-refractivity contribution in [3.05, 3.63) is 59.2 Å². The second-order valence-electron chi connectivity index (χ2n) is 7.43. The van der Waals surface area contributed by atoms with Gasteiger partial charge in [0, 0.05) is 12.2 Å². The molecule has 0 spiro atoms. The molecule has 2 aromatic rings. The summed E-state index contributed by atoms with van der Waals surface area (Å²) in [4.78, 5) is 0. The molecule has 0 bridgehead atoms. The van der Waals surface area contributed by atoms with Crippen LogP contribution in [0.2, 0.25) is 0 Å². The zero-order valence-electron chi connectivity index (χ0n) is 17.9. The van der Waals surface area contributed by atoms with Gasteiger partial charge in [-0.25, -0.2) is 0 Å². The molecule has 2 aromatic carbocycles. The van der Waals surface area contributed by atoms with E-state index in [1.807, 2.05) is 44.2 Å². The predicted molar refractivity (Wildman–Crippen MR) is 115 cm³/mol. The van der Waals surface area contributed by atoms with Crippen molar-refractivity contribution in [2.75, 3.05) is 13.7 Å². The first-order valence-corrected chi connectivity index (χ1v) is 9.91. The molecule has 2 rings (SSSR count). The highest BCUT2D eigenvalue weighted by atomic mass is 16.6. The molecule has 0 aliphatic rings. The van der Waals surface area contributed by atoms with Crippen molar-refractivity contribution in [2.45, 2.75) is 46.5 Å². The third-order valence-corrected chi connectivity index (χ3v) is 4.50. The Hall–Kier alpha value is -2.50. The largest absolute Gasteiger partial charge is 0.508 e. The van der Waals surface area contributed by atoms with Crippen molar-refractivity contribution in [1.29, 1.82) is 0 Å². The van der Waals surface area contributed by atoms with E-state index >= 15 is 0 Å². The van der Waals surface area contributed by atoms with Gasteiger partial charge in [-0.2, -0.15) is 0 Å². The predicted octanol–water partition coefficient (Wildman–Crippen LogP) is 5.11. The van der Waals surface area contributed by atoms with Gasteiger partial charge < -0.3 is 24.4 Å². The lowest BCUT2D eigenvalue weighted by atomic mass is 10.0. The van der Waals surface area contributed by atoms with Crippen molar-refractivity contribution >= 4 is 6.08 Å². The van der Waals surface area contributed by atoms with Crippen LogP contribution in [0.3, 0.4) is 0 Å². The van der Waals surface area contributed by atoms with E-state index in [4.69, 9.17) is 14.2 Å². The standard InChI is InChI=1S/C24H32O5/c1-6-7-18-8-11-22(23(12-18)27-5)29-17(4)24(28-15-16(2)3)19-9-10-21(26)20(13-19)14-25/h6-13,16-17,24-26H,14-15H2,1-5H3/b7-6+/t17-,24-/m1/s1. The van der Waals surface area contributed by atoms with E-state index in [2.05, 4.69) is 13.8 Å². The summed E-state index contributed by atoms with van der Waals surface area (Å²) < 4.78 is 17.9. The molecule has 0 fully saturated rings. The summed E-state index contributed by atoms with van der Waals surface area (Å²) in [7, 11) is 1.62. The van der Waals surface area contributed by atoms with Crippen molar-refractivity contribution in [1.82, 2.24) is 0 Å². The summed E-state index contributed by atoms with van der Waals surface area (Å²) in [6, 6.07) is 10.9. The highest BCUT2D eigenvalue weighted by Gasteiger charge is 2.24. The number of hydrogen-bond donors (Lipinski definition) is 2. The molecule has 0 aliphatic heterocycles. The molecule has 5 heteroatoms. The van der Waals surface area contributed by atoms with Gasteiger partial charge in [0.2, 0.25) is 0 Å². The molecule has 0 amide bonds. The Morgan fingerprint density at radius 2 is 1.79 bits per heavy atom. The van der Waals surface area contributed by atoms with Crippen LogP contribution in [0, 0.1) is 5.92 Å². The molecule has 0 saturated heterocycles. The zero-order valence-corrected chi connectivity index (χ0v) is 17.9. The van der Waals surface area contributed by atoms with Gasteiger partial charge >= 0.3 is 0 Å². The van der Waals surface area contributed by atoms with Crippen molar-refractivity contribution in [3.63, 3.8) is 0 Å². The second-order valence-corrected chi connectivity index (χ2v) is 7.43. The van der Waals surface area contributed by atoms with Gasteiger partial charge in [0.05, 0.1) is 13.7 Å². The van der Waals surface area contributed by atoms with Gasteiger partial charge in [0.1, 0.15) is 18.0 Å². The highest BCUT2D eigenvalue weighted by Crippen LogP contribution is 2.34. The third-order valence-electron chi connectivity index (χ3n) is 4.50. The summed E-state index contributed by atoms with van der Waals surface area (Å²) >= 11 is 0. The summed E-state index contributed by atoms with van der Waals surface area (Å²) in [5, 5.41) is 19.4. The lowest BCUT2D eigenvalue weighted by Gasteiger charge is -2.27. The molecule has 158 valence electrons. The normalized spacial score (nSPS) is 13.6. The minimum Gasteiger partial charge on any atom is -0.508 e. The molecule has 0 aromatic heterocycles. The van der Waals surface area contributed by atoms with Crippen molar-refractivity contribution in [3.8, 4) is 17.2 Å². The first-order chi connectivity index (χ1) is 13.9. The summed E-state index contributed by atoms with van der Waals surface area (Å²) in [5.74, 6) is 1.70. The molecular formula is C24H32O5. The molecule has 29 heavy (non-hydrogen) atoms. The van der Waals surface area contributed by atoms with Crippen LogP contribution >= 0.6 is 0 Å². The number of aliphatic hydroxyl groups excluding tert-OH is 1. The number of rotatable bonds is 10. The summed E-state index contributed by atoms with van der Waals surface area (Å²) in [5.41, 5.74) is 2.33. The molecule has 2 N–H and O–H groups in total. The van der Waals surface area contributed by atoms with Gasteiger partial charge in [-0.15, -0.1) is 0 Å². The molecular weight excluding hydrogens is 368 g/mol. The average molecular weight is 401 g/mol. The fraction of sp³-hybridized carbons (Fsp3) is 0.417. The maximum atomic E-state index is 9.89. The monoisotopic (exact) mass is 400 g/mol. The Bertz CT molecular complexity index is 813. The minimum atomic E-state index is -0.372. The summed E-state index contributed by atoms with van der Waals surface area (Å²) in [6.45, 7) is 8.39. The number of methoxy groups -OCH3 is 1. The van der Waals surface area contributed by atoms with Gasteiger partial charge in [-0.05, 0) is 55.2 Å². The highest BCUT2D eigenvalue weighted by molar-refractivity contribution is 5.55. The maximum Gasteiger partial charge on any atom is 0.161 e. The maximum absolute atomic E-state index is 9.89. The Labute approximate surface area is 173 Å². The summed E-state index contributed by atoms with van der Waals surface area (Å²) in [6.07, 6.45) is 3.27. The number of ether oxygens (including phenoxy) is 3. The van der Waals surface area contributed by atoms with Gasteiger partial charge in [0.15, 0.2) is 11.5 Å². The zero-order chi connectivity index (χ0) is 21.4. The average Bonchev–Trinajstić information content (AvgIpc) is 2.70. The van der Waals surface area contributed by atoms with Crippen LogP contribution in [0.4, 0.5) is 0 Å². The van der Waals surface area contributed by atoms with Crippen LogP contribution in [0.15, 0.2) is 42.5 Å². The van der Waals surface area contributed by atoms with Crippen LogP contribution in [0.1, 0.15) is 50.5 Å². The van der Waals surface area contributed by atoms with Crippen molar-refractivity contribution < 1.29 is 24.4 Å². The minimum absolute atomic E-state index is 0.0636. The van der Waals surface area contributed by atoms with E-state index in [-0.39, 0.29) is 24.6 Å². The number of benzene rings is 2. The van der Waals surface area contributed by atoms with Crippen LogP contribution in [-0.4, -0.2) is 30.0 Å². The first kappa shape index (κ1) is 22.8. The van der Waals surface area contributed by atoms with Crippen molar-refractivity contribution in [2.24, 2.45) is 5.92 Å². The Kier molecular flexibility index (Phi) is 8.55. The number of aliphatic hydroxyl groups is 1. The van der Waals surface area contributed by atoms with E-state index in [0.29, 0.717) is 29.6 Å². The SMILES string of the molecule is C/C=C/c1ccc(O[C@H](C)[C@@H](OCC(C)C)c2ccc(O)c(CO)c2)c(OC)c1. The smallest absolute Gasteiger partial charge is 0.161 e. The Morgan fingerprint density at radius 3 is 2.41 bits per heavy atom. The molecule has 0 unspecified atom stereocenters. The second kappa shape index (κ2) is 10.9. The van der Waals surface area contributed by atoms with Gasteiger partial charge in [-0.1, -0.05) is 38.1 Å². The van der Waals surface area contributed by atoms with E-state index in [9.17, 15) is 10.2 Å². The Morgan fingerprint density at radius 1 is 1.03 bits per heavy atom. The molecule has 2 atom stereocenters. The van der Waals surface area contributed by atoms with Crippen LogP contribution in [-0.2, 0) is 11.3 Å². The fourth-order valence-corrected chi connectivity index (χ4v) is 3.05. The lowest BCUT2D eigenvalue weighted by molar-refractivity contribution is -0.0315. The Balaban J connectivity index is 2.31. The van der Waals surface area contributed by atoms with E-state index < -0.39 is 0 Å². The number of phenols is 1. The third kappa shape index (κ3) is 6.24.